The van der Waals surface area contributed by atoms with Crippen LogP contribution in [0.5, 0.6) is 0 Å². The third-order valence-corrected chi connectivity index (χ3v) is 4.34. The molecule has 2 N–H and O–H groups in total. The summed E-state index contributed by atoms with van der Waals surface area (Å²) >= 11 is 0. The van der Waals surface area contributed by atoms with E-state index in [4.69, 9.17) is 4.74 Å². The summed E-state index contributed by atoms with van der Waals surface area (Å²) in [7, 11) is 0. The van der Waals surface area contributed by atoms with Gasteiger partial charge in [-0.15, -0.1) is 0 Å². The number of ether oxygens (including phenoxy) is 1. The Balaban J connectivity index is 2.05. The van der Waals surface area contributed by atoms with Gasteiger partial charge in [0.05, 0.1) is 12.0 Å². The summed E-state index contributed by atoms with van der Waals surface area (Å²) in [5.41, 5.74) is -2.44. The predicted octanol–water partition coefficient (Wildman–Crippen LogP) is 1.00. The topological polar surface area (TPSA) is 87.1 Å². The lowest BCUT2D eigenvalue weighted by Gasteiger charge is -2.48. The number of carbonyl (C=O) groups excluding carboxylic acids is 1. The van der Waals surface area contributed by atoms with Crippen molar-refractivity contribution in [2.24, 2.45) is 5.41 Å². The molecule has 0 aromatic rings. The van der Waals surface area contributed by atoms with E-state index in [-0.39, 0.29) is 19.6 Å². The monoisotopic (exact) mass is 269 g/mol. The van der Waals surface area contributed by atoms with Crippen molar-refractivity contribution in [2.45, 2.75) is 31.3 Å². The molecular weight excluding hydrogens is 250 g/mol. The van der Waals surface area contributed by atoms with Crippen LogP contribution in [-0.2, 0) is 9.53 Å². The Hall–Kier alpha value is -1.56. The van der Waals surface area contributed by atoms with Crippen LogP contribution in [0.4, 0.5) is 4.79 Å². The molecule has 0 radical (unpaired) electrons. The van der Waals surface area contributed by atoms with Crippen LogP contribution in [0.3, 0.4) is 0 Å². The minimum atomic E-state index is -1.34. The number of carbonyl (C=O) groups is 2. The molecule has 1 unspecified atom stereocenters. The molecule has 2 rings (SSSR count). The van der Waals surface area contributed by atoms with Gasteiger partial charge in [0.2, 0.25) is 0 Å². The standard InChI is InChI=1S/C13H19NO5/c1-2-8-19-11(17)14-7-6-13(18,9-14)12(10(15)16)4-3-5-12/h2,18H,1,3-9H2,(H,15,16). The predicted molar refractivity (Wildman–Crippen MR) is 66.6 cm³/mol. The third-order valence-electron chi connectivity index (χ3n) is 4.34. The summed E-state index contributed by atoms with van der Waals surface area (Å²) in [6.45, 7) is 3.90. The van der Waals surface area contributed by atoms with E-state index in [9.17, 15) is 19.8 Å². The number of rotatable bonds is 4. The Kier molecular flexibility index (Phi) is 3.54. The molecular formula is C13H19NO5. The van der Waals surface area contributed by atoms with E-state index in [1.165, 1.54) is 11.0 Å². The molecule has 2 aliphatic rings. The highest BCUT2D eigenvalue weighted by Gasteiger charge is 2.62. The van der Waals surface area contributed by atoms with Crippen molar-refractivity contribution in [3.05, 3.63) is 12.7 Å². The molecule has 0 bridgehead atoms. The van der Waals surface area contributed by atoms with E-state index in [1.54, 1.807) is 0 Å². The molecule has 0 aromatic carbocycles. The Morgan fingerprint density at radius 2 is 2.05 bits per heavy atom. The van der Waals surface area contributed by atoms with E-state index >= 15 is 0 Å². The van der Waals surface area contributed by atoms with Gasteiger partial charge < -0.3 is 19.8 Å². The summed E-state index contributed by atoms with van der Waals surface area (Å²) in [6, 6.07) is 0. The molecule has 19 heavy (non-hydrogen) atoms. The second-order valence-electron chi connectivity index (χ2n) is 5.31. The first-order chi connectivity index (χ1) is 8.95. The van der Waals surface area contributed by atoms with Gasteiger partial charge in [-0.2, -0.15) is 0 Å². The zero-order valence-corrected chi connectivity index (χ0v) is 10.8. The average molecular weight is 269 g/mol. The molecule has 1 amide bonds. The zero-order chi connectivity index (χ0) is 14.1. The van der Waals surface area contributed by atoms with Crippen LogP contribution in [0.1, 0.15) is 25.7 Å². The van der Waals surface area contributed by atoms with Gasteiger partial charge in [0, 0.05) is 6.54 Å². The van der Waals surface area contributed by atoms with Crippen molar-refractivity contribution >= 4 is 12.1 Å². The first kappa shape index (κ1) is 13.9. The second kappa shape index (κ2) is 4.85. The Morgan fingerprint density at radius 3 is 2.53 bits per heavy atom. The number of hydrogen-bond donors (Lipinski definition) is 2. The highest BCUT2D eigenvalue weighted by Crippen LogP contribution is 2.52. The van der Waals surface area contributed by atoms with Crippen LogP contribution in [0.25, 0.3) is 0 Å². The van der Waals surface area contributed by atoms with E-state index in [2.05, 4.69) is 6.58 Å². The van der Waals surface area contributed by atoms with Gasteiger partial charge >= 0.3 is 12.1 Å². The summed E-state index contributed by atoms with van der Waals surface area (Å²) in [6.07, 6.45) is 2.95. The lowest BCUT2D eigenvalue weighted by Crippen LogP contribution is -2.58. The second-order valence-corrected chi connectivity index (χ2v) is 5.31. The Labute approximate surface area is 111 Å². The summed E-state index contributed by atoms with van der Waals surface area (Å²) < 4.78 is 4.90. The number of nitrogens with zero attached hydrogens (tertiary/aromatic N) is 1. The molecule has 1 heterocycles. The van der Waals surface area contributed by atoms with E-state index in [0.29, 0.717) is 19.4 Å². The van der Waals surface area contributed by atoms with Crippen LogP contribution < -0.4 is 0 Å². The number of amides is 1. The number of β-amino-alcohol motifs (C(OH)–C–C–N with tert-alkyl or cyclic N) is 1. The lowest BCUT2D eigenvalue weighted by atomic mass is 9.58. The number of aliphatic carboxylic acids is 1. The van der Waals surface area contributed by atoms with Gasteiger partial charge in [-0.25, -0.2) is 4.79 Å². The Bertz CT molecular complexity index is 404. The smallest absolute Gasteiger partial charge is 0.410 e. The number of carboxylic acid groups (broad SMARTS) is 1. The minimum absolute atomic E-state index is 0.0231. The van der Waals surface area contributed by atoms with Crippen molar-refractivity contribution in [3.63, 3.8) is 0 Å². The molecule has 0 aromatic heterocycles. The summed E-state index contributed by atoms with van der Waals surface area (Å²) in [5.74, 6) is -0.970. The maximum atomic E-state index is 11.7. The van der Waals surface area contributed by atoms with Gasteiger partial charge in [0.25, 0.3) is 0 Å². The maximum Gasteiger partial charge on any atom is 0.410 e. The minimum Gasteiger partial charge on any atom is -0.481 e. The van der Waals surface area contributed by atoms with Crippen LogP contribution in [0.15, 0.2) is 12.7 Å². The SMILES string of the molecule is C=CCOC(=O)N1CCC(O)(C2(C(=O)O)CCC2)C1. The molecule has 1 saturated carbocycles. The van der Waals surface area contributed by atoms with Crippen LogP contribution in [-0.4, -0.2) is 52.5 Å². The van der Waals surface area contributed by atoms with E-state index in [0.717, 1.165) is 6.42 Å². The number of carboxylic acids is 1. The van der Waals surface area contributed by atoms with Gasteiger partial charge in [-0.3, -0.25) is 4.79 Å². The maximum absolute atomic E-state index is 11.7. The van der Waals surface area contributed by atoms with Crippen molar-refractivity contribution in [1.82, 2.24) is 4.90 Å². The van der Waals surface area contributed by atoms with E-state index < -0.39 is 23.1 Å². The highest BCUT2D eigenvalue weighted by molar-refractivity contribution is 5.78. The molecule has 1 aliphatic carbocycles. The van der Waals surface area contributed by atoms with Gasteiger partial charge in [0.15, 0.2) is 0 Å². The van der Waals surface area contributed by atoms with Crippen molar-refractivity contribution in [1.29, 1.82) is 0 Å². The fourth-order valence-electron chi connectivity index (χ4n) is 2.97. The fourth-order valence-corrected chi connectivity index (χ4v) is 2.97. The van der Waals surface area contributed by atoms with Crippen LogP contribution in [0, 0.1) is 5.41 Å². The molecule has 1 aliphatic heterocycles. The fraction of sp³-hybridized carbons (Fsp3) is 0.692. The largest absolute Gasteiger partial charge is 0.481 e. The van der Waals surface area contributed by atoms with Crippen molar-refractivity contribution < 1.29 is 24.5 Å². The zero-order valence-electron chi connectivity index (χ0n) is 10.8. The van der Waals surface area contributed by atoms with Crippen molar-refractivity contribution in [2.75, 3.05) is 19.7 Å². The van der Waals surface area contributed by atoms with Crippen LogP contribution >= 0.6 is 0 Å². The van der Waals surface area contributed by atoms with E-state index in [1.807, 2.05) is 0 Å². The quantitative estimate of drug-likeness (QED) is 0.743. The molecule has 1 atom stereocenters. The summed E-state index contributed by atoms with van der Waals surface area (Å²) in [4.78, 5) is 24.5. The first-order valence-corrected chi connectivity index (χ1v) is 6.44. The van der Waals surface area contributed by atoms with Crippen LogP contribution in [0.2, 0.25) is 0 Å². The third kappa shape index (κ3) is 2.10. The molecule has 2 fully saturated rings. The Morgan fingerprint density at radius 1 is 1.37 bits per heavy atom. The van der Waals surface area contributed by atoms with Gasteiger partial charge in [-0.05, 0) is 19.3 Å². The van der Waals surface area contributed by atoms with Crippen molar-refractivity contribution in [3.8, 4) is 0 Å². The van der Waals surface area contributed by atoms with Gasteiger partial charge in [-0.1, -0.05) is 19.1 Å². The number of likely N-dealkylation sites (tertiary alicyclic amines) is 1. The summed E-state index contributed by atoms with van der Waals surface area (Å²) in [5, 5.41) is 20.0. The lowest BCUT2D eigenvalue weighted by molar-refractivity contribution is -0.181. The molecule has 6 nitrogen and oxygen atoms in total. The van der Waals surface area contributed by atoms with Gasteiger partial charge in [0.1, 0.15) is 12.2 Å². The number of aliphatic hydroxyl groups is 1. The molecule has 1 saturated heterocycles. The highest BCUT2D eigenvalue weighted by atomic mass is 16.6. The number of hydrogen-bond acceptors (Lipinski definition) is 4. The normalized spacial score (nSPS) is 28.6. The average Bonchev–Trinajstić information content (AvgIpc) is 2.67. The molecule has 106 valence electrons. The first-order valence-electron chi connectivity index (χ1n) is 6.44. The molecule has 6 heteroatoms. The molecule has 0 spiro atoms.